The van der Waals surface area contributed by atoms with E-state index in [-0.39, 0.29) is 11.5 Å². The van der Waals surface area contributed by atoms with Crippen molar-refractivity contribution in [2.75, 3.05) is 19.6 Å². The fourth-order valence-electron chi connectivity index (χ4n) is 3.09. The molecule has 4 heteroatoms. The first-order valence-corrected chi connectivity index (χ1v) is 6.89. The zero-order valence-corrected chi connectivity index (χ0v) is 11.0. The molecule has 0 bridgehead atoms. The van der Waals surface area contributed by atoms with Crippen LogP contribution >= 0.6 is 0 Å². The van der Waals surface area contributed by atoms with Gasteiger partial charge in [-0.05, 0) is 30.9 Å². The average molecular weight is 260 g/mol. The van der Waals surface area contributed by atoms with Gasteiger partial charge >= 0.3 is 6.09 Å². The Balaban J connectivity index is 1.53. The molecule has 1 aliphatic carbocycles. The molecule has 1 aromatic rings. The van der Waals surface area contributed by atoms with Crippen molar-refractivity contribution in [1.82, 2.24) is 4.90 Å². The van der Waals surface area contributed by atoms with Crippen molar-refractivity contribution in [2.24, 2.45) is 17.1 Å². The van der Waals surface area contributed by atoms with E-state index in [0.29, 0.717) is 13.2 Å². The maximum atomic E-state index is 12.1. The minimum Gasteiger partial charge on any atom is -0.445 e. The molecule has 2 aliphatic rings. The van der Waals surface area contributed by atoms with Crippen LogP contribution in [0.15, 0.2) is 30.3 Å². The number of rotatable bonds is 3. The molecule has 1 heterocycles. The van der Waals surface area contributed by atoms with Crippen molar-refractivity contribution in [2.45, 2.75) is 19.4 Å². The highest BCUT2D eigenvalue weighted by Crippen LogP contribution is 2.56. The van der Waals surface area contributed by atoms with Gasteiger partial charge in [-0.3, -0.25) is 0 Å². The lowest BCUT2D eigenvalue weighted by molar-refractivity contribution is 0.0777. The third-order valence-corrected chi connectivity index (χ3v) is 4.48. The van der Waals surface area contributed by atoms with Crippen LogP contribution in [-0.4, -0.2) is 30.6 Å². The first kappa shape index (κ1) is 12.5. The van der Waals surface area contributed by atoms with E-state index in [0.717, 1.165) is 31.0 Å². The molecule has 2 fully saturated rings. The number of hydrogen-bond acceptors (Lipinski definition) is 3. The molecule has 1 saturated heterocycles. The summed E-state index contributed by atoms with van der Waals surface area (Å²) in [5, 5.41) is 0. The minimum atomic E-state index is -0.206. The molecule has 2 atom stereocenters. The van der Waals surface area contributed by atoms with Crippen LogP contribution in [0, 0.1) is 11.3 Å². The molecule has 1 saturated carbocycles. The SMILES string of the molecule is NCC12CC1CCN(C(=O)OCc1ccccc1)C2. The number of likely N-dealkylation sites (tertiary alicyclic amines) is 1. The molecular formula is C15H20N2O2. The second-order valence-corrected chi connectivity index (χ2v) is 5.72. The maximum absolute atomic E-state index is 12.1. The molecule has 4 nitrogen and oxygen atoms in total. The topological polar surface area (TPSA) is 55.6 Å². The van der Waals surface area contributed by atoms with Gasteiger partial charge in [-0.2, -0.15) is 0 Å². The molecule has 2 unspecified atom stereocenters. The van der Waals surface area contributed by atoms with Crippen LogP contribution in [0.4, 0.5) is 4.79 Å². The summed E-state index contributed by atoms with van der Waals surface area (Å²) < 4.78 is 5.37. The van der Waals surface area contributed by atoms with Crippen molar-refractivity contribution >= 4 is 6.09 Å². The second-order valence-electron chi connectivity index (χ2n) is 5.72. The Labute approximate surface area is 113 Å². The van der Waals surface area contributed by atoms with Gasteiger partial charge < -0.3 is 15.4 Å². The second kappa shape index (κ2) is 4.85. The Morgan fingerprint density at radius 3 is 2.95 bits per heavy atom. The molecule has 1 aliphatic heterocycles. The Hall–Kier alpha value is -1.55. The van der Waals surface area contributed by atoms with Crippen LogP contribution in [0.25, 0.3) is 0 Å². The van der Waals surface area contributed by atoms with E-state index in [2.05, 4.69) is 0 Å². The summed E-state index contributed by atoms with van der Waals surface area (Å²) in [6.45, 7) is 2.59. The number of ether oxygens (including phenoxy) is 1. The van der Waals surface area contributed by atoms with Gasteiger partial charge in [0.15, 0.2) is 0 Å². The van der Waals surface area contributed by atoms with E-state index < -0.39 is 0 Å². The minimum absolute atomic E-state index is 0.198. The molecule has 19 heavy (non-hydrogen) atoms. The normalized spacial score (nSPS) is 28.7. The first-order valence-electron chi connectivity index (χ1n) is 6.89. The fraction of sp³-hybridized carbons (Fsp3) is 0.533. The van der Waals surface area contributed by atoms with Gasteiger partial charge in [0.25, 0.3) is 0 Å². The Kier molecular flexibility index (Phi) is 3.19. The van der Waals surface area contributed by atoms with E-state index in [1.807, 2.05) is 35.2 Å². The summed E-state index contributed by atoms with van der Waals surface area (Å²) in [6, 6.07) is 9.77. The van der Waals surface area contributed by atoms with Crippen molar-refractivity contribution in [3.63, 3.8) is 0 Å². The summed E-state index contributed by atoms with van der Waals surface area (Å²) in [5.41, 5.74) is 7.05. The van der Waals surface area contributed by atoms with E-state index in [1.165, 1.54) is 6.42 Å². The van der Waals surface area contributed by atoms with Crippen LogP contribution < -0.4 is 5.73 Å². The summed E-state index contributed by atoms with van der Waals surface area (Å²) in [7, 11) is 0. The zero-order chi connectivity index (χ0) is 13.3. The van der Waals surface area contributed by atoms with Gasteiger partial charge in [-0.15, -0.1) is 0 Å². The Bertz CT molecular complexity index is 462. The highest BCUT2D eigenvalue weighted by atomic mass is 16.6. The van der Waals surface area contributed by atoms with Crippen LogP contribution in [0.5, 0.6) is 0 Å². The monoisotopic (exact) mass is 260 g/mol. The molecular weight excluding hydrogens is 240 g/mol. The lowest BCUT2D eigenvalue weighted by atomic mass is 9.98. The lowest BCUT2D eigenvalue weighted by Gasteiger charge is -2.31. The average Bonchev–Trinajstić information content (AvgIpc) is 3.20. The summed E-state index contributed by atoms with van der Waals surface area (Å²) in [6.07, 6.45) is 2.03. The zero-order valence-electron chi connectivity index (χ0n) is 11.0. The number of benzene rings is 1. The fourth-order valence-corrected chi connectivity index (χ4v) is 3.09. The number of amides is 1. The van der Waals surface area contributed by atoms with Gasteiger partial charge in [0.2, 0.25) is 0 Å². The Morgan fingerprint density at radius 2 is 2.21 bits per heavy atom. The molecule has 102 valence electrons. The summed E-state index contributed by atoms with van der Waals surface area (Å²) in [5.74, 6) is 0.732. The Morgan fingerprint density at radius 1 is 1.42 bits per heavy atom. The van der Waals surface area contributed by atoms with E-state index in [4.69, 9.17) is 10.5 Å². The third-order valence-electron chi connectivity index (χ3n) is 4.48. The van der Waals surface area contributed by atoms with Gasteiger partial charge in [0.05, 0.1) is 0 Å². The quantitative estimate of drug-likeness (QED) is 0.904. The van der Waals surface area contributed by atoms with Gasteiger partial charge in [0.1, 0.15) is 6.61 Å². The van der Waals surface area contributed by atoms with E-state index >= 15 is 0 Å². The molecule has 0 aromatic heterocycles. The van der Waals surface area contributed by atoms with Crippen molar-refractivity contribution in [3.05, 3.63) is 35.9 Å². The number of fused-ring (bicyclic) bond motifs is 1. The highest BCUT2D eigenvalue weighted by molar-refractivity contribution is 5.68. The van der Waals surface area contributed by atoms with Gasteiger partial charge in [-0.1, -0.05) is 30.3 Å². The number of piperidine rings is 1. The molecule has 2 N–H and O–H groups in total. The molecule has 1 aromatic carbocycles. The highest BCUT2D eigenvalue weighted by Gasteiger charge is 2.56. The maximum Gasteiger partial charge on any atom is 0.410 e. The molecule has 0 spiro atoms. The van der Waals surface area contributed by atoms with Gasteiger partial charge in [0, 0.05) is 18.5 Å². The predicted octanol–water partition coefficient (Wildman–Crippen LogP) is 1.99. The van der Waals surface area contributed by atoms with Gasteiger partial charge in [-0.25, -0.2) is 4.79 Å². The molecule has 1 amide bonds. The van der Waals surface area contributed by atoms with Crippen LogP contribution in [0.3, 0.4) is 0 Å². The van der Waals surface area contributed by atoms with E-state index in [9.17, 15) is 4.79 Å². The summed E-state index contributed by atoms with van der Waals surface area (Å²) >= 11 is 0. The molecule has 3 rings (SSSR count). The van der Waals surface area contributed by atoms with E-state index in [1.54, 1.807) is 0 Å². The largest absolute Gasteiger partial charge is 0.445 e. The predicted molar refractivity (Wildman–Crippen MR) is 72.4 cm³/mol. The molecule has 0 radical (unpaired) electrons. The first-order chi connectivity index (χ1) is 9.23. The van der Waals surface area contributed by atoms with Crippen molar-refractivity contribution in [1.29, 1.82) is 0 Å². The summed E-state index contributed by atoms with van der Waals surface area (Å²) in [4.78, 5) is 13.9. The number of nitrogens with two attached hydrogens (primary N) is 1. The van der Waals surface area contributed by atoms with Crippen LogP contribution in [0.1, 0.15) is 18.4 Å². The number of nitrogens with zero attached hydrogens (tertiary/aromatic N) is 1. The lowest BCUT2D eigenvalue weighted by Crippen LogP contribution is -2.43. The van der Waals surface area contributed by atoms with Crippen molar-refractivity contribution < 1.29 is 9.53 Å². The van der Waals surface area contributed by atoms with Crippen LogP contribution in [-0.2, 0) is 11.3 Å². The number of hydrogen-bond donors (Lipinski definition) is 1. The third kappa shape index (κ3) is 2.45. The smallest absolute Gasteiger partial charge is 0.410 e. The standard InChI is InChI=1S/C15H20N2O2/c16-10-15-8-13(15)6-7-17(11-15)14(18)19-9-12-4-2-1-3-5-12/h1-5,13H,6-11,16H2. The number of carbonyl (C=O) groups is 1. The number of carbonyl (C=O) groups excluding carboxylic acids is 1. The van der Waals surface area contributed by atoms with Crippen molar-refractivity contribution in [3.8, 4) is 0 Å². The van der Waals surface area contributed by atoms with Crippen LogP contribution in [0.2, 0.25) is 0 Å².